The minimum absolute atomic E-state index is 0.0894. The number of rotatable bonds is 22. The smallest absolute Gasteiger partial charge is 0.335 e. The number of Topliss-reactive ketones (excluding diaryl/α,β-unsaturated/α-hetero) is 1. The Morgan fingerprint density at radius 2 is 1.40 bits per heavy atom. The highest BCUT2D eigenvalue weighted by Gasteiger charge is 2.25. The Hall–Kier alpha value is -4.69. The van der Waals surface area contributed by atoms with Crippen molar-refractivity contribution >= 4 is 34.9 Å². The highest BCUT2D eigenvalue weighted by atomic mass is 35.5. The summed E-state index contributed by atoms with van der Waals surface area (Å²) in [7, 11) is 0. The van der Waals surface area contributed by atoms with Gasteiger partial charge in [-0.05, 0) is 66.9 Å². The number of amides is 1. The summed E-state index contributed by atoms with van der Waals surface area (Å²) in [6.45, 7) is 4.10. The molecule has 0 saturated carbocycles. The van der Waals surface area contributed by atoms with Crippen LogP contribution in [-0.2, 0) is 11.2 Å². The molecule has 1 aromatic heterocycles. The number of ketones is 1. The van der Waals surface area contributed by atoms with Crippen molar-refractivity contribution in [1.29, 1.82) is 0 Å². The first-order valence-corrected chi connectivity index (χ1v) is 18.9. The quantitative estimate of drug-likeness (QED) is 0.0615. The fourth-order valence-electron chi connectivity index (χ4n) is 6.35. The van der Waals surface area contributed by atoms with Crippen molar-refractivity contribution < 1.29 is 24.2 Å². The maximum absolute atomic E-state index is 14.0. The number of hydrogen-bond donors (Lipinski definition) is 2. The van der Waals surface area contributed by atoms with E-state index in [1.807, 2.05) is 30.3 Å². The Labute approximate surface area is 312 Å². The zero-order chi connectivity index (χ0) is 37.3. The third-order valence-corrected chi connectivity index (χ3v) is 9.50. The van der Waals surface area contributed by atoms with E-state index in [1.54, 1.807) is 24.4 Å². The molecule has 9 heteroatoms. The number of nitrogens with one attached hydrogen (secondary N) is 1. The lowest BCUT2D eigenvalue weighted by Crippen LogP contribution is -2.34. The third-order valence-electron chi connectivity index (χ3n) is 9.26. The van der Waals surface area contributed by atoms with E-state index >= 15 is 0 Å². The van der Waals surface area contributed by atoms with Crippen LogP contribution in [-0.4, -0.2) is 33.9 Å². The SMILES string of the molecule is CCCCCCCCCCCCCCOc1cn([C@@H](Cc2ccccc2)C(=O)Nc2ccc(C(=O)O)cc2)c(=O)cc1-c1cc(Cl)ccc1C(C)=O. The molecular weight excluding hydrogens is 676 g/mol. The lowest BCUT2D eigenvalue weighted by Gasteiger charge is -2.22. The van der Waals surface area contributed by atoms with Gasteiger partial charge in [0.25, 0.3) is 5.56 Å². The number of carbonyl (C=O) groups is 3. The largest absolute Gasteiger partial charge is 0.491 e. The van der Waals surface area contributed by atoms with Gasteiger partial charge in [0.15, 0.2) is 5.78 Å². The van der Waals surface area contributed by atoms with Crippen LogP contribution in [0.1, 0.15) is 123 Å². The molecule has 0 aliphatic rings. The number of hydrogen-bond acceptors (Lipinski definition) is 5. The highest BCUT2D eigenvalue weighted by molar-refractivity contribution is 6.31. The molecule has 1 atom stereocenters. The van der Waals surface area contributed by atoms with E-state index in [2.05, 4.69) is 12.2 Å². The summed E-state index contributed by atoms with van der Waals surface area (Å²) in [5.41, 5.74) is 2.18. The predicted molar refractivity (Wildman–Crippen MR) is 209 cm³/mol. The second kappa shape index (κ2) is 21.0. The van der Waals surface area contributed by atoms with Crippen LogP contribution >= 0.6 is 11.6 Å². The summed E-state index contributed by atoms with van der Waals surface area (Å²) in [4.78, 5) is 51.9. The molecule has 0 saturated heterocycles. The van der Waals surface area contributed by atoms with E-state index in [1.165, 1.54) is 99.6 Å². The molecule has 4 rings (SSSR count). The van der Waals surface area contributed by atoms with Crippen LogP contribution in [0.4, 0.5) is 5.69 Å². The number of carbonyl (C=O) groups excluding carboxylic acids is 2. The Balaban J connectivity index is 1.57. The summed E-state index contributed by atoms with van der Waals surface area (Å²) < 4.78 is 7.75. The second-order valence-electron chi connectivity index (χ2n) is 13.4. The average Bonchev–Trinajstić information content (AvgIpc) is 3.13. The Morgan fingerprint density at radius 3 is 2.00 bits per heavy atom. The Kier molecular flexibility index (Phi) is 16.2. The Bertz CT molecular complexity index is 1820. The van der Waals surface area contributed by atoms with E-state index in [4.69, 9.17) is 16.3 Å². The minimum Gasteiger partial charge on any atom is -0.491 e. The second-order valence-corrected chi connectivity index (χ2v) is 13.8. The minimum atomic E-state index is -1.07. The molecule has 0 aliphatic heterocycles. The van der Waals surface area contributed by atoms with Crippen molar-refractivity contribution in [2.75, 3.05) is 11.9 Å². The summed E-state index contributed by atoms with van der Waals surface area (Å²) in [5, 5.41) is 12.6. The third kappa shape index (κ3) is 12.2. The van der Waals surface area contributed by atoms with Crippen LogP contribution in [0, 0.1) is 0 Å². The molecule has 2 N–H and O–H groups in total. The molecule has 0 bridgehead atoms. The van der Waals surface area contributed by atoms with Gasteiger partial charge in [-0.3, -0.25) is 19.0 Å². The fourth-order valence-corrected chi connectivity index (χ4v) is 6.52. The van der Waals surface area contributed by atoms with Crippen molar-refractivity contribution in [2.45, 2.75) is 103 Å². The van der Waals surface area contributed by atoms with Gasteiger partial charge in [0.05, 0.1) is 18.4 Å². The van der Waals surface area contributed by atoms with Crippen molar-refractivity contribution in [3.8, 4) is 16.9 Å². The van der Waals surface area contributed by atoms with E-state index in [9.17, 15) is 24.3 Å². The molecule has 0 radical (unpaired) electrons. The fraction of sp³-hybridized carbons (Fsp3) is 0.395. The lowest BCUT2D eigenvalue weighted by molar-refractivity contribution is -0.119. The topological polar surface area (TPSA) is 115 Å². The van der Waals surface area contributed by atoms with E-state index in [0.29, 0.717) is 39.8 Å². The number of nitrogens with zero attached hydrogens (tertiary/aromatic N) is 1. The molecule has 0 spiro atoms. The number of benzene rings is 3. The van der Waals surface area contributed by atoms with Gasteiger partial charge in [-0.2, -0.15) is 0 Å². The number of halogens is 1. The van der Waals surface area contributed by atoms with Gasteiger partial charge in [0.1, 0.15) is 11.8 Å². The van der Waals surface area contributed by atoms with Crippen molar-refractivity contribution in [3.63, 3.8) is 0 Å². The van der Waals surface area contributed by atoms with Crippen LogP contribution in [0.15, 0.2) is 89.9 Å². The van der Waals surface area contributed by atoms with Gasteiger partial charge in [-0.15, -0.1) is 0 Å². The lowest BCUT2D eigenvalue weighted by atomic mass is 9.97. The molecule has 52 heavy (non-hydrogen) atoms. The molecule has 0 fully saturated rings. The number of aromatic carboxylic acids is 1. The van der Waals surface area contributed by atoms with Crippen LogP contribution in [0.3, 0.4) is 0 Å². The predicted octanol–water partition coefficient (Wildman–Crippen LogP) is 10.6. The molecule has 0 unspecified atom stereocenters. The number of unbranched alkanes of at least 4 members (excludes halogenated alkanes) is 11. The van der Waals surface area contributed by atoms with Crippen molar-refractivity contribution in [3.05, 3.63) is 117 Å². The van der Waals surface area contributed by atoms with Gasteiger partial charge < -0.3 is 15.2 Å². The number of aromatic nitrogens is 1. The molecule has 4 aromatic rings. The number of anilines is 1. The molecular formula is C43H51ClN2O6. The van der Waals surface area contributed by atoms with Gasteiger partial charge in [-0.25, -0.2) is 4.79 Å². The highest BCUT2D eigenvalue weighted by Crippen LogP contribution is 2.35. The summed E-state index contributed by atoms with van der Waals surface area (Å²) in [6.07, 6.45) is 16.3. The summed E-state index contributed by atoms with van der Waals surface area (Å²) in [6, 6.07) is 20.6. The van der Waals surface area contributed by atoms with E-state index < -0.39 is 23.5 Å². The number of carboxylic acids is 1. The van der Waals surface area contributed by atoms with Gasteiger partial charge in [0.2, 0.25) is 5.91 Å². The van der Waals surface area contributed by atoms with Crippen molar-refractivity contribution in [1.82, 2.24) is 4.57 Å². The standard InChI is InChI=1S/C43H51ClN2O6/c1-3-4-5-6-7-8-9-10-11-12-13-17-26-52-40-30-46(41(48)29-38(40)37-28-34(44)22-25-36(37)31(2)47)39(27-32-18-15-14-16-19-32)42(49)45-35-23-20-33(21-24-35)43(50)51/h14-16,18-25,28-30,39H,3-13,17,26-27H2,1-2H3,(H,45,49)(H,50,51)/t39-/m0/s1. The molecule has 8 nitrogen and oxygen atoms in total. The first-order valence-electron chi connectivity index (χ1n) is 18.6. The number of ether oxygens (including phenoxy) is 1. The van der Waals surface area contributed by atoms with Crippen LogP contribution in [0.2, 0.25) is 5.02 Å². The molecule has 3 aromatic carbocycles. The molecule has 1 heterocycles. The van der Waals surface area contributed by atoms with Gasteiger partial charge in [-0.1, -0.05) is 119 Å². The normalized spacial score (nSPS) is 11.6. The van der Waals surface area contributed by atoms with Crippen LogP contribution < -0.4 is 15.6 Å². The number of pyridine rings is 1. The zero-order valence-electron chi connectivity index (χ0n) is 30.4. The molecule has 1 amide bonds. The first kappa shape index (κ1) is 40.1. The summed E-state index contributed by atoms with van der Waals surface area (Å²) >= 11 is 6.40. The maximum Gasteiger partial charge on any atom is 0.335 e. The van der Waals surface area contributed by atoms with E-state index in [-0.39, 0.29) is 17.8 Å². The van der Waals surface area contributed by atoms with Gasteiger partial charge in [0, 0.05) is 34.3 Å². The first-order chi connectivity index (χ1) is 25.2. The van der Waals surface area contributed by atoms with E-state index in [0.717, 1.165) is 24.8 Å². The van der Waals surface area contributed by atoms with Crippen LogP contribution in [0.5, 0.6) is 5.75 Å². The zero-order valence-corrected chi connectivity index (χ0v) is 31.1. The monoisotopic (exact) mass is 726 g/mol. The average molecular weight is 727 g/mol. The number of carboxylic acid groups (broad SMARTS) is 1. The Morgan fingerprint density at radius 1 is 0.788 bits per heavy atom. The maximum atomic E-state index is 14.0. The van der Waals surface area contributed by atoms with Gasteiger partial charge >= 0.3 is 5.97 Å². The molecule has 0 aliphatic carbocycles. The van der Waals surface area contributed by atoms with Crippen molar-refractivity contribution in [2.24, 2.45) is 0 Å². The van der Waals surface area contributed by atoms with Crippen LogP contribution in [0.25, 0.3) is 11.1 Å². The molecule has 276 valence electrons. The summed E-state index contributed by atoms with van der Waals surface area (Å²) in [5.74, 6) is -1.35.